The molecule has 1 atom stereocenters. The molecule has 110 valence electrons. The van der Waals surface area contributed by atoms with E-state index < -0.39 is 0 Å². The Kier molecular flexibility index (Phi) is 4.02. The lowest BCUT2D eigenvalue weighted by molar-refractivity contribution is -0.136. The van der Waals surface area contributed by atoms with E-state index in [0.717, 1.165) is 19.4 Å². The van der Waals surface area contributed by atoms with Crippen molar-refractivity contribution >= 4 is 11.7 Å². The summed E-state index contributed by atoms with van der Waals surface area (Å²) >= 11 is 0. The fourth-order valence-corrected chi connectivity index (χ4v) is 2.98. The average molecular weight is 286 g/mol. The summed E-state index contributed by atoms with van der Waals surface area (Å²) in [6.45, 7) is 3.27. The van der Waals surface area contributed by atoms with Crippen molar-refractivity contribution in [1.29, 1.82) is 5.26 Å². The summed E-state index contributed by atoms with van der Waals surface area (Å²) in [5, 5.41) is 9.22. The molecule has 6 heteroatoms. The summed E-state index contributed by atoms with van der Waals surface area (Å²) in [7, 11) is 0. The van der Waals surface area contributed by atoms with Crippen molar-refractivity contribution in [3.05, 3.63) is 23.9 Å². The smallest absolute Gasteiger partial charge is 0.245 e. The van der Waals surface area contributed by atoms with Crippen LogP contribution in [0, 0.1) is 11.3 Å². The molecule has 0 radical (unpaired) electrons. The minimum atomic E-state index is -0.204. The number of aromatic nitrogens is 1. The molecular weight excluding hydrogens is 268 g/mol. The van der Waals surface area contributed by atoms with Gasteiger partial charge in [0.15, 0.2) is 0 Å². The second kappa shape index (κ2) is 6.10. The number of morpholine rings is 1. The fraction of sp³-hybridized carbons (Fsp3) is 0.533. The van der Waals surface area contributed by atoms with Gasteiger partial charge in [0, 0.05) is 25.8 Å². The van der Waals surface area contributed by atoms with Gasteiger partial charge >= 0.3 is 0 Å². The molecule has 2 fully saturated rings. The normalized spacial score (nSPS) is 22.1. The molecule has 0 N–H and O–H groups in total. The van der Waals surface area contributed by atoms with E-state index in [2.05, 4.69) is 11.1 Å². The van der Waals surface area contributed by atoms with E-state index in [1.165, 1.54) is 0 Å². The van der Waals surface area contributed by atoms with Crippen molar-refractivity contribution in [2.45, 2.75) is 18.9 Å². The average Bonchev–Trinajstić information content (AvgIpc) is 3.04. The third kappa shape index (κ3) is 2.69. The molecule has 2 saturated heterocycles. The van der Waals surface area contributed by atoms with Crippen LogP contribution in [-0.2, 0) is 9.53 Å². The van der Waals surface area contributed by atoms with Crippen LogP contribution in [0.1, 0.15) is 18.4 Å². The van der Waals surface area contributed by atoms with E-state index in [-0.39, 0.29) is 11.9 Å². The molecule has 1 aromatic rings. The number of carbonyl (C=O) groups is 1. The Labute approximate surface area is 123 Å². The monoisotopic (exact) mass is 286 g/mol. The molecule has 1 amide bonds. The van der Waals surface area contributed by atoms with E-state index in [1.807, 2.05) is 9.80 Å². The van der Waals surface area contributed by atoms with E-state index in [0.29, 0.717) is 37.7 Å². The van der Waals surface area contributed by atoms with Crippen LogP contribution in [0.25, 0.3) is 0 Å². The van der Waals surface area contributed by atoms with Gasteiger partial charge < -0.3 is 14.5 Å². The number of hydrogen-bond acceptors (Lipinski definition) is 5. The number of rotatable bonds is 2. The lowest BCUT2D eigenvalue weighted by atomic mass is 10.1. The fourth-order valence-electron chi connectivity index (χ4n) is 2.98. The molecule has 0 saturated carbocycles. The number of amides is 1. The Balaban J connectivity index is 1.82. The zero-order valence-electron chi connectivity index (χ0n) is 11.9. The Morgan fingerprint density at radius 1 is 1.38 bits per heavy atom. The molecule has 3 heterocycles. The summed E-state index contributed by atoms with van der Waals surface area (Å²) in [6.07, 6.45) is 3.44. The van der Waals surface area contributed by atoms with Crippen molar-refractivity contribution < 1.29 is 9.53 Å². The van der Waals surface area contributed by atoms with Crippen molar-refractivity contribution in [3.63, 3.8) is 0 Å². The van der Waals surface area contributed by atoms with Gasteiger partial charge in [-0.3, -0.25) is 4.79 Å². The maximum atomic E-state index is 12.7. The highest BCUT2D eigenvalue weighted by Crippen LogP contribution is 2.27. The van der Waals surface area contributed by atoms with Crippen LogP contribution < -0.4 is 4.90 Å². The van der Waals surface area contributed by atoms with Crippen molar-refractivity contribution in [2.75, 3.05) is 37.7 Å². The minimum absolute atomic E-state index is 0.130. The molecule has 1 aromatic heterocycles. The summed E-state index contributed by atoms with van der Waals surface area (Å²) in [6, 6.07) is 5.45. The zero-order chi connectivity index (χ0) is 14.7. The molecule has 0 bridgehead atoms. The number of hydrogen-bond donors (Lipinski definition) is 0. The van der Waals surface area contributed by atoms with Crippen LogP contribution in [0.2, 0.25) is 0 Å². The van der Waals surface area contributed by atoms with Crippen molar-refractivity contribution in [2.24, 2.45) is 0 Å². The lowest BCUT2D eigenvalue weighted by Crippen LogP contribution is -2.50. The van der Waals surface area contributed by atoms with Crippen LogP contribution in [0.15, 0.2) is 18.3 Å². The van der Waals surface area contributed by atoms with Gasteiger partial charge in [0.25, 0.3) is 0 Å². The molecule has 21 heavy (non-hydrogen) atoms. The summed E-state index contributed by atoms with van der Waals surface area (Å²) in [4.78, 5) is 20.9. The quantitative estimate of drug-likeness (QED) is 0.803. The Bertz CT molecular complexity index is 563. The van der Waals surface area contributed by atoms with Gasteiger partial charge in [0.1, 0.15) is 17.9 Å². The van der Waals surface area contributed by atoms with Crippen LogP contribution >= 0.6 is 0 Å². The summed E-state index contributed by atoms with van der Waals surface area (Å²) in [5.41, 5.74) is 0.527. The Morgan fingerprint density at radius 2 is 2.19 bits per heavy atom. The third-order valence-electron chi connectivity index (χ3n) is 4.04. The van der Waals surface area contributed by atoms with Gasteiger partial charge in [0.05, 0.1) is 18.8 Å². The summed E-state index contributed by atoms with van der Waals surface area (Å²) in [5.74, 6) is 0.759. The van der Waals surface area contributed by atoms with Crippen LogP contribution in [0.4, 0.5) is 5.82 Å². The highest BCUT2D eigenvalue weighted by Gasteiger charge is 2.35. The van der Waals surface area contributed by atoms with E-state index in [1.54, 1.807) is 18.3 Å². The standard InChI is InChI=1S/C15H18N4O2/c16-11-12-3-1-5-17-14(12)19-6-2-4-13(19)15(20)18-7-9-21-10-8-18/h1,3,5,13H,2,4,6-10H2. The van der Waals surface area contributed by atoms with Gasteiger partial charge in [-0.25, -0.2) is 4.98 Å². The molecule has 2 aliphatic heterocycles. The van der Waals surface area contributed by atoms with Gasteiger partial charge in [0.2, 0.25) is 5.91 Å². The Hall–Kier alpha value is -2.13. The van der Waals surface area contributed by atoms with E-state index >= 15 is 0 Å². The van der Waals surface area contributed by atoms with E-state index in [4.69, 9.17) is 4.74 Å². The van der Waals surface area contributed by atoms with Crippen molar-refractivity contribution in [3.8, 4) is 6.07 Å². The largest absolute Gasteiger partial charge is 0.378 e. The lowest BCUT2D eigenvalue weighted by Gasteiger charge is -2.33. The molecule has 0 aliphatic carbocycles. The molecule has 1 unspecified atom stereocenters. The van der Waals surface area contributed by atoms with Crippen LogP contribution in [0.3, 0.4) is 0 Å². The number of anilines is 1. The van der Waals surface area contributed by atoms with Crippen molar-refractivity contribution in [1.82, 2.24) is 9.88 Å². The maximum Gasteiger partial charge on any atom is 0.245 e. The zero-order valence-corrected chi connectivity index (χ0v) is 11.9. The minimum Gasteiger partial charge on any atom is -0.378 e. The predicted octanol–water partition coefficient (Wildman–Crippen LogP) is 0.781. The molecule has 6 nitrogen and oxygen atoms in total. The SMILES string of the molecule is N#Cc1cccnc1N1CCCC1C(=O)N1CCOCC1. The molecular formula is C15H18N4O2. The third-order valence-corrected chi connectivity index (χ3v) is 4.04. The van der Waals surface area contributed by atoms with Gasteiger partial charge in [-0.2, -0.15) is 5.26 Å². The predicted molar refractivity (Wildman–Crippen MR) is 76.7 cm³/mol. The summed E-state index contributed by atoms with van der Waals surface area (Å²) < 4.78 is 5.30. The molecule has 2 aliphatic rings. The van der Waals surface area contributed by atoms with Crippen LogP contribution in [-0.4, -0.2) is 54.7 Å². The molecule has 3 rings (SSSR count). The number of nitriles is 1. The van der Waals surface area contributed by atoms with Crippen LogP contribution in [0.5, 0.6) is 0 Å². The number of ether oxygens (including phenoxy) is 1. The first-order chi connectivity index (χ1) is 10.3. The highest BCUT2D eigenvalue weighted by molar-refractivity contribution is 5.86. The molecule has 0 aromatic carbocycles. The highest BCUT2D eigenvalue weighted by atomic mass is 16.5. The maximum absolute atomic E-state index is 12.7. The van der Waals surface area contributed by atoms with Gasteiger partial charge in [-0.05, 0) is 25.0 Å². The Morgan fingerprint density at radius 3 is 2.95 bits per heavy atom. The topological polar surface area (TPSA) is 69.5 Å². The van der Waals surface area contributed by atoms with Gasteiger partial charge in [-0.15, -0.1) is 0 Å². The van der Waals surface area contributed by atoms with Gasteiger partial charge in [-0.1, -0.05) is 0 Å². The van der Waals surface area contributed by atoms with E-state index in [9.17, 15) is 10.1 Å². The first-order valence-corrected chi connectivity index (χ1v) is 7.29. The molecule has 0 spiro atoms. The first-order valence-electron chi connectivity index (χ1n) is 7.29. The number of carbonyl (C=O) groups excluding carboxylic acids is 1. The second-order valence-corrected chi connectivity index (χ2v) is 5.28. The number of pyridine rings is 1. The number of nitrogens with zero attached hydrogens (tertiary/aromatic N) is 4. The first kappa shape index (κ1) is 13.8. The second-order valence-electron chi connectivity index (χ2n) is 5.28.